The van der Waals surface area contributed by atoms with E-state index in [-0.39, 0.29) is 0 Å². The average molecular weight is 223 g/mol. The van der Waals surface area contributed by atoms with Gasteiger partial charge in [-0.15, -0.1) is 0 Å². The zero-order valence-electron chi connectivity index (χ0n) is 10.3. The van der Waals surface area contributed by atoms with Gasteiger partial charge in [-0.3, -0.25) is 0 Å². The average Bonchev–Trinajstić information content (AvgIpc) is 2.26. The van der Waals surface area contributed by atoms with Crippen molar-refractivity contribution in [3.8, 4) is 0 Å². The maximum atomic E-state index is 4.16. The fourth-order valence-electron chi connectivity index (χ4n) is 1.21. The van der Waals surface area contributed by atoms with Crippen molar-refractivity contribution in [1.29, 1.82) is 0 Å². The maximum absolute atomic E-state index is 4.16. The van der Waals surface area contributed by atoms with Gasteiger partial charge in [-0.05, 0) is 20.5 Å². The first-order chi connectivity index (χ1) is 7.72. The normalized spacial score (nSPS) is 10.5. The minimum atomic E-state index is 0.871. The van der Waals surface area contributed by atoms with Crippen LogP contribution in [0.15, 0.2) is 12.4 Å². The van der Waals surface area contributed by atoms with Gasteiger partial charge in [0, 0.05) is 25.7 Å². The lowest BCUT2D eigenvalue weighted by Gasteiger charge is -2.11. The Labute approximate surface area is 97.3 Å². The summed E-state index contributed by atoms with van der Waals surface area (Å²) in [4.78, 5) is 10.4. The van der Waals surface area contributed by atoms with Gasteiger partial charge in [0.1, 0.15) is 18.0 Å². The Morgan fingerprint density at radius 2 is 1.75 bits per heavy atom. The summed E-state index contributed by atoms with van der Waals surface area (Å²) in [5.41, 5.74) is 0. The van der Waals surface area contributed by atoms with Gasteiger partial charge in [-0.25, -0.2) is 9.97 Å². The van der Waals surface area contributed by atoms with E-state index in [0.29, 0.717) is 0 Å². The lowest BCUT2D eigenvalue weighted by Crippen LogP contribution is -2.21. The van der Waals surface area contributed by atoms with Gasteiger partial charge in [-0.2, -0.15) is 0 Å². The van der Waals surface area contributed by atoms with Gasteiger partial charge >= 0.3 is 0 Å². The predicted molar refractivity (Wildman–Crippen MR) is 67.9 cm³/mol. The van der Waals surface area contributed by atoms with E-state index in [1.807, 2.05) is 6.07 Å². The molecule has 5 heteroatoms. The SMILES string of the molecule is CCCNc1cc(NCCN(C)C)ncn1. The summed E-state index contributed by atoms with van der Waals surface area (Å²) in [7, 11) is 4.10. The predicted octanol–water partition coefficient (Wildman–Crippen LogP) is 1.27. The molecule has 1 heterocycles. The monoisotopic (exact) mass is 223 g/mol. The molecule has 0 aromatic carbocycles. The van der Waals surface area contributed by atoms with E-state index in [1.165, 1.54) is 0 Å². The lowest BCUT2D eigenvalue weighted by atomic mass is 10.4. The molecule has 0 radical (unpaired) electrons. The molecule has 0 bridgehead atoms. The van der Waals surface area contributed by atoms with Crippen molar-refractivity contribution in [2.75, 3.05) is 44.4 Å². The van der Waals surface area contributed by atoms with Gasteiger partial charge in [-0.1, -0.05) is 6.92 Å². The second-order valence-corrected chi connectivity index (χ2v) is 3.95. The van der Waals surface area contributed by atoms with E-state index in [1.54, 1.807) is 6.33 Å². The van der Waals surface area contributed by atoms with Gasteiger partial charge in [0.05, 0.1) is 0 Å². The largest absolute Gasteiger partial charge is 0.370 e. The molecule has 0 saturated carbocycles. The van der Waals surface area contributed by atoms with Gasteiger partial charge in [0.25, 0.3) is 0 Å². The maximum Gasteiger partial charge on any atom is 0.131 e. The minimum Gasteiger partial charge on any atom is -0.370 e. The Bertz CT molecular complexity index is 300. The molecule has 5 nitrogen and oxygen atoms in total. The van der Waals surface area contributed by atoms with Crippen molar-refractivity contribution in [2.24, 2.45) is 0 Å². The highest BCUT2D eigenvalue weighted by Gasteiger charge is 1.97. The zero-order chi connectivity index (χ0) is 11.8. The van der Waals surface area contributed by atoms with E-state index >= 15 is 0 Å². The van der Waals surface area contributed by atoms with Crippen LogP contribution in [0.25, 0.3) is 0 Å². The van der Waals surface area contributed by atoms with Crippen molar-refractivity contribution in [1.82, 2.24) is 14.9 Å². The quantitative estimate of drug-likeness (QED) is 0.729. The summed E-state index contributed by atoms with van der Waals surface area (Å²) in [5.74, 6) is 1.75. The third-order valence-electron chi connectivity index (χ3n) is 2.09. The summed E-state index contributed by atoms with van der Waals surface area (Å²) < 4.78 is 0. The zero-order valence-corrected chi connectivity index (χ0v) is 10.3. The number of aromatic nitrogens is 2. The van der Waals surface area contributed by atoms with Crippen LogP contribution in [0, 0.1) is 0 Å². The summed E-state index contributed by atoms with van der Waals surface area (Å²) in [6.07, 6.45) is 2.67. The number of hydrogen-bond donors (Lipinski definition) is 2. The highest BCUT2D eigenvalue weighted by Crippen LogP contribution is 2.07. The number of likely N-dealkylation sites (N-methyl/N-ethyl adjacent to an activating group) is 1. The molecule has 0 atom stereocenters. The molecule has 90 valence electrons. The van der Waals surface area contributed by atoms with Crippen molar-refractivity contribution in [3.63, 3.8) is 0 Å². The summed E-state index contributed by atoms with van der Waals surface area (Å²) >= 11 is 0. The van der Waals surface area contributed by atoms with Crippen molar-refractivity contribution < 1.29 is 0 Å². The first-order valence-electron chi connectivity index (χ1n) is 5.67. The van der Waals surface area contributed by atoms with Crippen LogP contribution in [0.5, 0.6) is 0 Å². The van der Waals surface area contributed by atoms with Crippen LogP contribution in [0.3, 0.4) is 0 Å². The second-order valence-electron chi connectivity index (χ2n) is 3.95. The standard InChI is InChI=1S/C11H21N5/c1-4-5-12-10-8-11(15-9-14-10)13-6-7-16(2)3/h8-9H,4-7H2,1-3H3,(H2,12,13,14,15). The summed E-state index contributed by atoms with van der Waals surface area (Å²) in [6, 6.07) is 1.94. The molecule has 16 heavy (non-hydrogen) atoms. The number of hydrogen-bond acceptors (Lipinski definition) is 5. The van der Waals surface area contributed by atoms with Crippen LogP contribution in [0.1, 0.15) is 13.3 Å². The Kier molecular flexibility index (Phi) is 5.56. The molecule has 1 rings (SSSR count). The molecule has 0 aliphatic heterocycles. The Morgan fingerprint density at radius 3 is 2.31 bits per heavy atom. The van der Waals surface area contributed by atoms with Crippen molar-refractivity contribution in [2.45, 2.75) is 13.3 Å². The molecule has 0 aliphatic rings. The fraction of sp³-hybridized carbons (Fsp3) is 0.636. The molecule has 0 saturated heterocycles. The molecule has 0 fully saturated rings. The van der Waals surface area contributed by atoms with Crippen LogP contribution < -0.4 is 10.6 Å². The Hall–Kier alpha value is -1.36. The van der Waals surface area contributed by atoms with Gasteiger partial charge in [0.2, 0.25) is 0 Å². The van der Waals surface area contributed by atoms with E-state index in [0.717, 1.165) is 37.7 Å². The summed E-state index contributed by atoms with van der Waals surface area (Å²) in [5, 5.41) is 6.49. The molecule has 2 N–H and O–H groups in total. The minimum absolute atomic E-state index is 0.871. The molecule has 0 aliphatic carbocycles. The molecule has 0 amide bonds. The number of rotatable bonds is 7. The molecule has 1 aromatic rings. The Morgan fingerprint density at radius 1 is 1.12 bits per heavy atom. The molecule has 1 aromatic heterocycles. The topological polar surface area (TPSA) is 53.1 Å². The van der Waals surface area contributed by atoms with Crippen LogP contribution in [0.2, 0.25) is 0 Å². The first kappa shape index (κ1) is 12.7. The van der Waals surface area contributed by atoms with Gasteiger partial charge in [0.15, 0.2) is 0 Å². The van der Waals surface area contributed by atoms with Crippen LogP contribution in [-0.4, -0.2) is 48.6 Å². The van der Waals surface area contributed by atoms with E-state index in [2.05, 4.69) is 46.5 Å². The third kappa shape index (κ3) is 4.93. The lowest BCUT2D eigenvalue weighted by molar-refractivity contribution is 0.425. The smallest absolute Gasteiger partial charge is 0.131 e. The third-order valence-corrected chi connectivity index (χ3v) is 2.09. The van der Waals surface area contributed by atoms with Crippen LogP contribution in [0.4, 0.5) is 11.6 Å². The number of nitrogens with one attached hydrogen (secondary N) is 2. The van der Waals surface area contributed by atoms with E-state index in [4.69, 9.17) is 0 Å². The number of nitrogens with zero attached hydrogens (tertiary/aromatic N) is 3. The van der Waals surface area contributed by atoms with Crippen LogP contribution in [-0.2, 0) is 0 Å². The number of anilines is 2. The van der Waals surface area contributed by atoms with E-state index < -0.39 is 0 Å². The highest BCUT2D eigenvalue weighted by molar-refractivity contribution is 5.46. The molecule has 0 spiro atoms. The van der Waals surface area contributed by atoms with Gasteiger partial charge < -0.3 is 15.5 Å². The Balaban J connectivity index is 2.40. The summed E-state index contributed by atoms with van der Waals surface area (Å²) in [6.45, 7) is 4.94. The van der Waals surface area contributed by atoms with Crippen molar-refractivity contribution in [3.05, 3.63) is 12.4 Å². The molecule has 0 unspecified atom stereocenters. The van der Waals surface area contributed by atoms with E-state index in [9.17, 15) is 0 Å². The highest BCUT2D eigenvalue weighted by atomic mass is 15.1. The first-order valence-corrected chi connectivity index (χ1v) is 5.67. The molecular weight excluding hydrogens is 202 g/mol. The fourth-order valence-corrected chi connectivity index (χ4v) is 1.21. The van der Waals surface area contributed by atoms with Crippen LogP contribution >= 0.6 is 0 Å². The van der Waals surface area contributed by atoms with Crippen molar-refractivity contribution >= 4 is 11.6 Å². The molecular formula is C11H21N5. The second kappa shape index (κ2) is 7.00.